The smallest absolute Gasteiger partial charge is 0.475 e. The number of likely N-dealkylation sites (tertiary alicyclic amines) is 1. The van der Waals surface area contributed by atoms with Crippen molar-refractivity contribution < 1.29 is 32.7 Å². The molecule has 0 bridgehead atoms. The van der Waals surface area contributed by atoms with Crippen LogP contribution in [-0.2, 0) is 9.59 Å². The predicted octanol–water partition coefficient (Wildman–Crippen LogP) is 3.61. The van der Waals surface area contributed by atoms with Crippen LogP contribution in [-0.4, -0.2) is 54.9 Å². The average Bonchev–Trinajstić information content (AvgIpc) is 3.40. The fourth-order valence-electron chi connectivity index (χ4n) is 3.59. The summed E-state index contributed by atoms with van der Waals surface area (Å²) in [5.74, 6) is -1.84. The van der Waals surface area contributed by atoms with E-state index in [2.05, 4.69) is 15.3 Å². The number of carbonyl (C=O) groups is 3. The van der Waals surface area contributed by atoms with E-state index in [0.717, 1.165) is 30.8 Å². The molecule has 180 valence electrons. The van der Waals surface area contributed by atoms with E-state index >= 15 is 0 Å². The zero-order chi connectivity index (χ0) is 25.0. The Morgan fingerprint density at radius 2 is 1.88 bits per heavy atom. The van der Waals surface area contributed by atoms with Crippen LogP contribution >= 0.6 is 0 Å². The maximum Gasteiger partial charge on any atom is 0.490 e. The van der Waals surface area contributed by atoms with Crippen molar-refractivity contribution in [3.8, 4) is 0 Å². The van der Waals surface area contributed by atoms with Gasteiger partial charge >= 0.3 is 12.1 Å². The molecule has 4 heterocycles. The van der Waals surface area contributed by atoms with Gasteiger partial charge in [0.25, 0.3) is 5.91 Å². The lowest BCUT2D eigenvalue weighted by Gasteiger charge is -2.22. The summed E-state index contributed by atoms with van der Waals surface area (Å²) in [6, 6.07) is 9.18. The van der Waals surface area contributed by atoms with Crippen molar-refractivity contribution in [3.05, 3.63) is 59.8 Å². The van der Waals surface area contributed by atoms with Gasteiger partial charge in [0.05, 0.1) is 11.6 Å². The molecule has 12 heteroatoms. The number of anilines is 1. The Morgan fingerprint density at radius 3 is 2.47 bits per heavy atom. The molecule has 0 spiro atoms. The van der Waals surface area contributed by atoms with Crippen molar-refractivity contribution in [2.45, 2.75) is 38.9 Å². The molecule has 1 unspecified atom stereocenters. The fourth-order valence-corrected chi connectivity index (χ4v) is 3.59. The third-order valence-electron chi connectivity index (χ3n) is 5.14. The van der Waals surface area contributed by atoms with Crippen molar-refractivity contribution in [2.75, 3.05) is 11.9 Å². The van der Waals surface area contributed by atoms with Crippen LogP contribution in [0.25, 0.3) is 5.52 Å². The summed E-state index contributed by atoms with van der Waals surface area (Å²) in [6.45, 7) is 4.23. The number of alkyl halides is 3. The van der Waals surface area contributed by atoms with Gasteiger partial charge in [0.2, 0.25) is 5.91 Å². The first-order chi connectivity index (χ1) is 16.0. The van der Waals surface area contributed by atoms with Crippen molar-refractivity contribution in [2.24, 2.45) is 0 Å². The topological polar surface area (TPSA) is 117 Å². The Bertz CT molecular complexity index is 1210. The summed E-state index contributed by atoms with van der Waals surface area (Å²) in [7, 11) is 0. The highest BCUT2D eigenvalue weighted by molar-refractivity contribution is 6.07. The number of pyridine rings is 2. The van der Waals surface area contributed by atoms with Crippen molar-refractivity contribution >= 4 is 29.1 Å². The van der Waals surface area contributed by atoms with E-state index in [1.807, 2.05) is 46.7 Å². The number of carboxylic acids is 1. The quantitative estimate of drug-likeness (QED) is 0.595. The van der Waals surface area contributed by atoms with E-state index in [-0.39, 0.29) is 17.9 Å². The first-order valence-electron chi connectivity index (χ1n) is 10.3. The number of aromatic nitrogens is 3. The van der Waals surface area contributed by atoms with Crippen molar-refractivity contribution in [3.63, 3.8) is 0 Å². The third kappa shape index (κ3) is 5.50. The van der Waals surface area contributed by atoms with Crippen molar-refractivity contribution in [1.29, 1.82) is 0 Å². The molecule has 0 aromatic carbocycles. The molecule has 2 N–H and O–H groups in total. The number of hydrogen-bond donors (Lipinski definition) is 2. The molecular formula is C22H22F3N5O4. The maximum absolute atomic E-state index is 12.8. The van der Waals surface area contributed by atoms with Gasteiger partial charge in [-0.3, -0.25) is 9.59 Å². The molecule has 1 aliphatic heterocycles. The molecule has 34 heavy (non-hydrogen) atoms. The number of aliphatic carboxylic acids is 1. The van der Waals surface area contributed by atoms with E-state index in [0.29, 0.717) is 17.0 Å². The molecule has 1 aliphatic rings. The number of fused-ring (bicyclic) bond motifs is 1. The lowest BCUT2D eigenvalue weighted by molar-refractivity contribution is -0.192. The number of carboxylic acid groups (broad SMARTS) is 1. The van der Waals surface area contributed by atoms with Crippen LogP contribution in [0.2, 0.25) is 0 Å². The van der Waals surface area contributed by atoms with Gasteiger partial charge in [-0.15, -0.1) is 0 Å². The highest BCUT2D eigenvalue weighted by Gasteiger charge is 2.38. The molecule has 1 saturated heterocycles. The molecule has 4 rings (SSSR count). The number of imidazole rings is 1. The second-order valence-corrected chi connectivity index (χ2v) is 7.62. The number of nitrogens with one attached hydrogen (secondary N) is 1. The van der Waals surface area contributed by atoms with Crippen LogP contribution in [0.5, 0.6) is 0 Å². The van der Waals surface area contributed by atoms with Crippen LogP contribution in [0.1, 0.15) is 47.7 Å². The Labute approximate surface area is 192 Å². The van der Waals surface area contributed by atoms with E-state index in [9.17, 15) is 22.8 Å². The minimum Gasteiger partial charge on any atom is -0.475 e. The SMILES string of the molecule is CC(=O)N1CCCC1c1nc(C(=O)Nc2ccc(C)cn2)c2ccccn12.O=C(O)C(F)(F)F. The van der Waals surface area contributed by atoms with E-state index in [1.165, 1.54) is 0 Å². The van der Waals surface area contributed by atoms with Gasteiger partial charge in [-0.25, -0.2) is 14.8 Å². The van der Waals surface area contributed by atoms with Gasteiger partial charge in [0, 0.05) is 25.9 Å². The summed E-state index contributed by atoms with van der Waals surface area (Å²) in [4.78, 5) is 44.4. The van der Waals surface area contributed by atoms with Crippen LogP contribution in [0.3, 0.4) is 0 Å². The minimum atomic E-state index is -5.08. The molecule has 1 fully saturated rings. The standard InChI is InChI=1S/C20H21N5O2.C2HF3O2/c1-13-8-9-17(21-12-13)22-20(27)18-15-6-3-4-10-25(15)19(23-18)16-7-5-11-24(16)14(2)26;3-2(4,5)1(6)7/h3-4,6,8-10,12,16H,5,7,11H2,1-2H3,(H,21,22,27);(H,6,7). The highest BCUT2D eigenvalue weighted by Crippen LogP contribution is 2.32. The Morgan fingerprint density at radius 1 is 1.18 bits per heavy atom. The number of halogens is 3. The number of carbonyl (C=O) groups excluding carboxylic acids is 2. The second-order valence-electron chi connectivity index (χ2n) is 7.62. The van der Waals surface area contributed by atoms with Crippen LogP contribution in [0.15, 0.2) is 42.7 Å². The van der Waals surface area contributed by atoms with Crippen LogP contribution in [0.4, 0.5) is 19.0 Å². The third-order valence-corrected chi connectivity index (χ3v) is 5.14. The van der Waals surface area contributed by atoms with E-state index in [4.69, 9.17) is 9.90 Å². The normalized spacial score (nSPS) is 15.6. The molecule has 9 nitrogen and oxygen atoms in total. The van der Waals surface area contributed by atoms with E-state index in [1.54, 1.807) is 19.2 Å². The first kappa shape index (κ1) is 24.7. The number of rotatable bonds is 3. The number of hydrogen-bond acceptors (Lipinski definition) is 5. The molecular weight excluding hydrogens is 455 g/mol. The molecule has 2 amide bonds. The highest BCUT2D eigenvalue weighted by atomic mass is 19.4. The molecule has 3 aromatic rings. The Kier molecular flexibility index (Phi) is 7.18. The van der Waals surface area contributed by atoms with Crippen LogP contribution in [0, 0.1) is 6.92 Å². The molecule has 0 radical (unpaired) electrons. The van der Waals surface area contributed by atoms with E-state index < -0.39 is 12.1 Å². The van der Waals surface area contributed by atoms with Crippen molar-refractivity contribution in [1.82, 2.24) is 19.3 Å². The summed E-state index contributed by atoms with van der Waals surface area (Å²) in [5.41, 5.74) is 2.07. The number of nitrogens with zero attached hydrogens (tertiary/aromatic N) is 4. The van der Waals surface area contributed by atoms with Gasteiger partial charge in [0.1, 0.15) is 11.6 Å². The zero-order valence-electron chi connectivity index (χ0n) is 18.3. The minimum absolute atomic E-state index is 0.0278. The molecule has 3 aromatic heterocycles. The van der Waals surface area contributed by atoms with Crippen LogP contribution < -0.4 is 5.32 Å². The number of amides is 2. The van der Waals surface area contributed by atoms with Gasteiger partial charge in [-0.1, -0.05) is 12.1 Å². The van der Waals surface area contributed by atoms with Gasteiger partial charge in [-0.05, 0) is 43.5 Å². The fraction of sp³-hybridized carbons (Fsp3) is 0.318. The monoisotopic (exact) mass is 477 g/mol. The summed E-state index contributed by atoms with van der Waals surface area (Å²) in [5, 5.41) is 9.93. The van der Waals surface area contributed by atoms with Gasteiger partial charge in [0.15, 0.2) is 5.69 Å². The predicted molar refractivity (Wildman–Crippen MR) is 115 cm³/mol. The largest absolute Gasteiger partial charge is 0.490 e. The molecule has 0 saturated carbocycles. The molecule has 1 atom stereocenters. The summed E-state index contributed by atoms with van der Waals surface area (Å²) < 4.78 is 33.6. The first-order valence-corrected chi connectivity index (χ1v) is 10.3. The van der Waals surface area contributed by atoms with Gasteiger partial charge in [-0.2, -0.15) is 13.2 Å². The zero-order valence-corrected chi connectivity index (χ0v) is 18.3. The Hall–Kier alpha value is -3.96. The second kappa shape index (κ2) is 9.89. The Balaban J connectivity index is 0.000000406. The van der Waals surface area contributed by atoms with Gasteiger partial charge < -0.3 is 19.7 Å². The number of aryl methyl sites for hydroxylation is 1. The molecule has 0 aliphatic carbocycles. The average molecular weight is 477 g/mol. The maximum atomic E-state index is 12.8. The summed E-state index contributed by atoms with van der Waals surface area (Å²) in [6.07, 6.45) is 0.278. The lowest BCUT2D eigenvalue weighted by Crippen LogP contribution is -2.29. The summed E-state index contributed by atoms with van der Waals surface area (Å²) >= 11 is 0. The lowest BCUT2D eigenvalue weighted by atomic mass is 10.2.